The van der Waals surface area contributed by atoms with Gasteiger partial charge in [-0.05, 0) is 83.5 Å². The van der Waals surface area contributed by atoms with Crippen LogP contribution in [0.1, 0.15) is 187 Å². The van der Waals surface area contributed by atoms with Gasteiger partial charge in [-0.15, -0.1) is 0 Å². The van der Waals surface area contributed by atoms with E-state index in [0.29, 0.717) is 25.7 Å². The molecule has 0 saturated heterocycles. The molecule has 14 heteroatoms. The number of aliphatic hydroxyl groups excluding tert-OH is 1. The van der Waals surface area contributed by atoms with E-state index in [9.17, 15) is 28.9 Å². The lowest BCUT2D eigenvalue weighted by Gasteiger charge is -2.26. The van der Waals surface area contributed by atoms with Crippen LogP contribution < -0.4 is 16.4 Å². The van der Waals surface area contributed by atoms with Gasteiger partial charge in [-0.1, -0.05) is 115 Å². The van der Waals surface area contributed by atoms with Crippen LogP contribution in [-0.4, -0.2) is 74.2 Å². The Morgan fingerprint density at radius 3 is 1.60 bits per heavy atom. The molecule has 13 nitrogen and oxygen atoms in total. The minimum Gasteiger partial charge on any atom is -0.756 e. The summed E-state index contributed by atoms with van der Waals surface area (Å²) in [4.78, 5) is 49.7. The summed E-state index contributed by atoms with van der Waals surface area (Å²) in [6.07, 6.45) is 32.6. The van der Waals surface area contributed by atoms with E-state index in [2.05, 4.69) is 43.9 Å². The summed E-state index contributed by atoms with van der Waals surface area (Å²) in [5.41, 5.74) is 9.52. The van der Waals surface area contributed by atoms with Crippen LogP contribution in [0.25, 0.3) is 0 Å². The van der Waals surface area contributed by atoms with Crippen molar-refractivity contribution < 1.29 is 57.9 Å². The van der Waals surface area contributed by atoms with Gasteiger partial charge in [0.1, 0.15) is 25.4 Å². The van der Waals surface area contributed by atoms with Crippen molar-refractivity contribution >= 4 is 25.7 Å². The number of rotatable bonds is 42. The topological polar surface area (TPSA) is 211 Å². The SMILES string of the molecule is CCCCCC/C=C\CCCCCCCC(=O)OCC(COP(=O)([O-])OCC(O)COC(=O)C(N)CCCC[NH3+])OC(=O)CCCCCCC/C=C\CCCCCC. The number of carbonyl (C=O) groups is 3. The zero-order chi connectivity index (χ0) is 43.0. The molecule has 0 aliphatic carbocycles. The predicted octanol–water partition coefficient (Wildman–Crippen LogP) is 8.10. The summed E-state index contributed by atoms with van der Waals surface area (Å²) < 4.78 is 38.0. The molecule has 4 unspecified atom stereocenters. The van der Waals surface area contributed by atoms with E-state index >= 15 is 0 Å². The number of phosphoric ester groups is 1. The molecule has 0 saturated carbocycles. The van der Waals surface area contributed by atoms with Crippen LogP contribution in [0.3, 0.4) is 0 Å². The highest BCUT2D eigenvalue weighted by Gasteiger charge is 2.23. The maximum atomic E-state index is 12.7. The number of ether oxygens (including phenoxy) is 3. The van der Waals surface area contributed by atoms with Crippen LogP contribution in [0.5, 0.6) is 0 Å². The number of nitrogens with two attached hydrogens (primary N) is 1. The van der Waals surface area contributed by atoms with E-state index in [-0.39, 0.29) is 19.4 Å². The van der Waals surface area contributed by atoms with E-state index < -0.39 is 63.8 Å². The maximum absolute atomic E-state index is 12.7. The Hall–Kier alpha value is -2.12. The zero-order valence-corrected chi connectivity index (χ0v) is 37.3. The zero-order valence-electron chi connectivity index (χ0n) is 36.4. The summed E-state index contributed by atoms with van der Waals surface area (Å²) in [5, 5.41) is 10.1. The van der Waals surface area contributed by atoms with Crippen LogP contribution in [0, 0.1) is 0 Å². The molecule has 4 atom stereocenters. The fourth-order valence-electron chi connectivity index (χ4n) is 5.97. The van der Waals surface area contributed by atoms with Gasteiger partial charge in [-0.3, -0.25) is 18.9 Å². The average molecular weight is 847 g/mol. The van der Waals surface area contributed by atoms with E-state index in [4.69, 9.17) is 29.0 Å². The monoisotopic (exact) mass is 847 g/mol. The van der Waals surface area contributed by atoms with Crippen molar-refractivity contribution in [3.63, 3.8) is 0 Å². The van der Waals surface area contributed by atoms with Gasteiger partial charge in [0.25, 0.3) is 7.82 Å². The van der Waals surface area contributed by atoms with Crippen LogP contribution in [0.15, 0.2) is 24.3 Å². The smallest absolute Gasteiger partial charge is 0.322 e. The van der Waals surface area contributed by atoms with Crippen molar-refractivity contribution in [3.05, 3.63) is 24.3 Å². The Bertz CT molecular complexity index is 1110. The van der Waals surface area contributed by atoms with Crippen LogP contribution in [0.2, 0.25) is 0 Å². The number of phosphoric acid groups is 1. The maximum Gasteiger partial charge on any atom is 0.322 e. The van der Waals surface area contributed by atoms with Crippen LogP contribution in [-0.2, 0) is 42.2 Å². The molecule has 0 spiro atoms. The first-order valence-corrected chi connectivity index (χ1v) is 24.1. The summed E-state index contributed by atoms with van der Waals surface area (Å²) in [5.74, 6) is -1.74. The van der Waals surface area contributed by atoms with Gasteiger partial charge < -0.3 is 44.7 Å². The highest BCUT2D eigenvalue weighted by molar-refractivity contribution is 7.45. The van der Waals surface area contributed by atoms with Crippen molar-refractivity contribution in [1.29, 1.82) is 0 Å². The highest BCUT2D eigenvalue weighted by Crippen LogP contribution is 2.38. The largest absolute Gasteiger partial charge is 0.756 e. The van der Waals surface area contributed by atoms with Crippen molar-refractivity contribution in [1.82, 2.24) is 0 Å². The Balaban J connectivity index is 4.72. The minimum absolute atomic E-state index is 0.132. The number of allylic oxidation sites excluding steroid dienone is 4. The molecule has 0 amide bonds. The Morgan fingerprint density at radius 1 is 0.621 bits per heavy atom. The van der Waals surface area contributed by atoms with Gasteiger partial charge in [0.05, 0.1) is 19.8 Å². The number of unbranched alkanes of at least 4 members (excludes halogenated alkanes) is 19. The molecule has 0 aromatic carbocycles. The molecule has 0 bridgehead atoms. The summed E-state index contributed by atoms with van der Waals surface area (Å²) in [6.45, 7) is 2.86. The number of hydrogen-bond donors (Lipinski definition) is 3. The second kappa shape index (κ2) is 40.3. The quantitative estimate of drug-likeness (QED) is 0.0175. The second-order valence-corrected chi connectivity index (χ2v) is 16.7. The first-order chi connectivity index (χ1) is 28.0. The van der Waals surface area contributed by atoms with Gasteiger partial charge in [0.15, 0.2) is 6.10 Å². The Morgan fingerprint density at radius 2 is 1.09 bits per heavy atom. The van der Waals surface area contributed by atoms with Crippen LogP contribution >= 0.6 is 7.82 Å². The molecule has 6 N–H and O–H groups in total. The van der Waals surface area contributed by atoms with Gasteiger partial charge in [-0.25, -0.2) is 0 Å². The number of quaternary nitrogens is 1. The molecule has 0 radical (unpaired) electrons. The summed E-state index contributed by atoms with van der Waals surface area (Å²) >= 11 is 0. The third-order valence-electron chi connectivity index (χ3n) is 9.59. The fourth-order valence-corrected chi connectivity index (χ4v) is 6.75. The van der Waals surface area contributed by atoms with Gasteiger partial charge >= 0.3 is 17.9 Å². The minimum atomic E-state index is -4.99. The molecule has 0 aromatic rings. The fraction of sp³-hybridized carbons (Fsp3) is 0.841. The Labute approximate surface area is 351 Å². The third kappa shape index (κ3) is 38.1. The standard InChI is InChI=1S/C44H83N2O11P/c1-3-5-7-9-11-13-15-17-19-21-23-25-27-32-42(48)53-37-40(57-43(49)33-28-26-24-22-20-18-16-14-12-10-8-6-4-2)38-56-58(51,52)55-36-39(47)35-54-44(50)41(46)31-29-30-34-45/h13-16,39-41,47H,3-12,17-38,45-46H2,1-2H3,(H,51,52)/b15-13-,16-14-. The van der Waals surface area contributed by atoms with E-state index in [1.54, 1.807) is 0 Å². The molecular formula is C44H83N2O11P. The Kier molecular flexibility index (Phi) is 38.8. The number of carbonyl (C=O) groups excluding carboxylic acids is 3. The van der Waals surface area contributed by atoms with Gasteiger partial charge in [0.2, 0.25) is 0 Å². The molecular weight excluding hydrogens is 763 g/mol. The highest BCUT2D eigenvalue weighted by atomic mass is 31.2. The van der Waals surface area contributed by atoms with Crippen molar-refractivity contribution in [2.45, 2.75) is 205 Å². The van der Waals surface area contributed by atoms with Gasteiger partial charge in [-0.2, -0.15) is 0 Å². The molecule has 340 valence electrons. The molecule has 0 fully saturated rings. The second-order valence-electron chi connectivity index (χ2n) is 15.3. The van der Waals surface area contributed by atoms with E-state index in [1.807, 2.05) is 0 Å². The summed E-state index contributed by atoms with van der Waals surface area (Å²) in [6, 6.07) is -0.864. The normalized spacial score (nSPS) is 14.4. The van der Waals surface area contributed by atoms with Gasteiger partial charge in [0, 0.05) is 12.8 Å². The lowest BCUT2D eigenvalue weighted by molar-refractivity contribution is -0.368. The van der Waals surface area contributed by atoms with E-state index in [1.165, 1.54) is 51.4 Å². The van der Waals surface area contributed by atoms with Crippen molar-refractivity contribution in [2.75, 3.05) is 33.0 Å². The van der Waals surface area contributed by atoms with Crippen molar-refractivity contribution in [2.24, 2.45) is 5.73 Å². The molecule has 0 rings (SSSR count). The molecule has 0 aliphatic rings. The lowest BCUT2D eigenvalue weighted by Crippen LogP contribution is -2.50. The number of esters is 3. The predicted molar refractivity (Wildman–Crippen MR) is 227 cm³/mol. The lowest BCUT2D eigenvalue weighted by atomic mass is 10.1. The number of hydrogen-bond acceptors (Lipinski definition) is 12. The van der Waals surface area contributed by atoms with E-state index in [0.717, 1.165) is 90.0 Å². The molecule has 0 aromatic heterocycles. The number of aliphatic hydroxyl groups is 1. The first-order valence-electron chi connectivity index (χ1n) is 22.7. The van der Waals surface area contributed by atoms with Crippen LogP contribution in [0.4, 0.5) is 0 Å². The third-order valence-corrected chi connectivity index (χ3v) is 10.5. The van der Waals surface area contributed by atoms with Crippen molar-refractivity contribution in [3.8, 4) is 0 Å². The molecule has 58 heavy (non-hydrogen) atoms. The first kappa shape index (κ1) is 55.9. The molecule has 0 aliphatic heterocycles. The average Bonchev–Trinajstić information content (AvgIpc) is 3.20. The summed E-state index contributed by atoms with van der Waals surface area (Å²) in [7, 11) is -4.99. The molecule has 0 heterocycles.